The molecule has 0 saturated carbocycles. The summed E-state index contributed by atoms with van der Waals surface area (Å²) in [5, 5.41) is 16.7. The zero-order valence-corrected chi connectivity index (χ0v) is 12.9. The summed E-state index contributed by atoms with van der Waals surface area (Å²) in [4.78, 5) is 33.6. The van der Waals surface area contributed by atoms with Gasteiger partial charge >= 0.3 is 0 Å². The van der Waals surface area contributed by atoms with E-state index in [1.807, 2.05) is 0 Å². The lowest BCUT2D eigenvalue weighted by molar-refractivity contribution is -0.385. The van der Waals surface area contributed by atoms with E-state index >= 15 is 0 Å². The molecule has 0 saturated heterocycles. The molecule has 24 heavy (non-hydrogen) atoms. The molecule has 0 bridgehead atoms. The first-order chi connectivity index (χ1) is 11.4. The maximum atomic E-state index is 11.8. The van der Waals surface area contributed by atoms with E-state index in [-0.39, 0.29) is 23.7 Å². The maximum Gasteiger partial charge on any atom is 0.275 e. The van der Waals surface area contributed by atoms with Gasteiger partial charge < -0.3 is 16.4 Å². The Bertz CT molecular complexity index is 804. The number of benzene rings is 2. The van der Waals surface area contributed by atoms with Crippen LogP contribution < -0.4 is 16.4 Å². The zero-order chi connectivity index (χ0) is 17.7. The highest BCUT2D eigenvalue weighted by Gasteiger charge is 2.17. The molecule has 4 N–H and O–H groups in total. The Balaban J connectivity index is 2.28. The van der Waals surface area contributed by atoms with Gasteiger partial charge in [0, 0.05) is 36.5 Å². The van der Waals surface area contributed by atoms with Gasteiger partial charge in [-0.1, -0.05) is 12.1 Å². The topological polar surface area (TPSA) is 127 Å². The van der Waals surface area contributed by atoms with Gasteiger partial charge in [-0.05, 0) is 24.3 Å². The predicted molar refractivity (Wildman–Crippen MR) is 88.8 cm³/mol. The van der Waals surface area contributed by atoms with Crippen LogP contribution in [0.5, 0.6) is 0 Å². The van der Waals surface area contributed by atoms with Gasteiger partial charge in [0.15, 0.2) is 0 Å². The second kappa shape index (κ2) is 7.23. The second-order valence-electron chi connectivity index (χ2n) is 4.94. The van der Waals surface area contributed by atoms with Gasteiger partial charge in [0.25, 0.3) is 11.6 Å². The fourth-order valence-corrected chi connectivity index (χ4v) is 2.20. The van der Waals surface area contributed by atoms with Gasteiger partial charge in [0.05, 0.1) is 10.5 Å². The number of nitrogens with zero attached hydrogens (tertiary/aromatic N) is 1. The summed E-state index contributed by atoms with van der Waals surface area (Å²) < 4.78 is 0. The van der Waals surface area contributed by atoms with Crippen molar-refractivity contribution in [3.05, 3.63) is 69.3 Å². The van der Waals surface area contributed by atoms with Crippen LogP contribution >= 0.6 is 0 Å². The number of primary amides is 1. The van der Waals surface area contributed by atoms with Crippen LogP contribution in [-0.2, 0) is 6.54 Å². The first-order valence-corrected chi connectivity index (χ1v) is 7.06. The molecule has 0 atom stereocenters. The van der Waals surface area contributed by atoms with Crippen LogP contribution in [0.25, 0.3) is 0 Å². The first kappa shape index (κ1) is 16.9. The quantitative estimate of drug-likeness (QED) is 0.549. The minimum Gasteiger partial charge on any atom is -0.380 e. The SMILES string of the molecule is CNC(=O)c1ccccc1NCc1ccc(C(N)=O)cc1[N+](=O)[O-]. The Hall–Kier alpha value is -3.42. The lowest BCUT2D eigenvalue weighted by Crippen LogP contribution is -2.19. The van der Waals surface area contributed by atoms with Crippen molar-refractivity contribution in [1.29, 1.82) is 0 Å². The fourth-order valence-electron chi connectivity index (χ4n) is 2.20. The number of nitrogens with two attached hydrogens (primary N) is 1. The summed E-state index contributed by atoms with van der Waals surface area (Å²) in [6.07, 6.45) is 0. The molecule has 0 spiro atoms. The van der Waals surface area contributed by atoms with Crippen LogP contribution in [0.1, 0.15) is 26.3 Å². The summed E-state index contributed by atoms with van der Waals surface area (Å²) in [5.41, 5.74) is 6.34. The van der Waals surface area contributed by atoms with Crippen LogP contribution in [0.15, 0.2) is 42.5 Å². The Kier molecular flexibility index (Phi) is 5.10. The molecule has 2 aromatic rings. The number of hydrogen-bond acceptors (Lipinski definition) is 5. The van der Waals surface area contributed by atoms with Gasteiger partial charge in [0.1, 0.15) is 0 Å². The number of amides is 2. The van der Waals surface area contributed by atoms with E-state index in [1.54, 1.807) is 24.3 Å². The lowest BCUT2D eigenvalue weighted by Gasteiger charge is -2.11. The van der Waals surface area contributed by atoms with E-state index in [4.69, 9.17) is 5.73 Å². The van der Waals surface area contributed by atoms with Crippen molar-refractivity contribution < 1.29 is 14.5 Å². The minimum absolute atomic E-state index is 0.0659. The van der Waals surface area contributed by atoms with Crippen molar-refractivity contribution in [2.45, 2.75) is 6.54 Å². The molecule has 2 rings (SSSR count). The van der Waals surface area contributed by atoms with Crippen molar-refractivity contribution in [1.82, 2.24) is 5.32 Å². The highest BCUT2D eigenvalue weighted by atomic mass is 16.6. The van der Waals surface area contributed by atoms with E-state index < -0.39 is 10.8 Å². The number of para-hydroxylation sites is 1. The maximum absolute atomic E-state index is 11.8. The number of hydrogen-bond donors (Lipinski definition) is 3. The molecule has 8 heteroatoms. The number of nitro groups is 1. The Labute approximate surface area is 137 Å². The minimum atomic E-state index is -0.734. The standard InChI is InChI=1S/C16H16N4O4/c1-18-16(22)12-4-2-3-5-13(12)19-9-11-7-6-10(15(17)21)8-14(11)20(23)24/h2-8,19H,9H2,1H3,(H2,17,21)(H,18,22). The summed E-state index contributed by atoms with van der Waals surface area (Å²) >= 11 is 0. The Morgan fingerprint density at radius 2 is 1.92 bits per heavy atom. The normalized spacial score (nSPS) is 10.0. The van der Waals surface area contributed by atoms with Gasteiger partial charge in [-0.25, -0.2) is 0 Å². The molecule has 0 radical (unpaired) electrons. The summed E-state index contributed by atoms with van der Waals surface area (Å²) in [6.45, 7) is 0.114. The average Bonchev–Trinajstić information content (AvgIpc) is 2.59. The summed E-state index contributed by atoms with van der Waals surface area (Å²) in [5.74, 6) is -1.00. The number of carbonyl (C=O) groups is 2. The van der Waals surface area contributed by atoms with Crippen molar-refractivity contribution >= 4 is 23.2 Å². The average molecular weight is 328 g/mol. The summed E-state index contributed by atoms with van der Waals surface area (Å²) in [6, 6.07) is 10.9. The van der Waals surface area contributed by atoms with Gasteiger partial charge in [0.2, 0.25) is 5.91 Å². The molecule has 0 aliphatic carbocycles. The number of anilines is 1. The van der Waals surface area contributed by atoms with Crippen molar-refractivity contribution in [2.75, 3.05) is 12.4 Å². The zero-order valence-electron chi connectivity index (χ0n) is 12.9. The third-order valence-electron chi connectivity index (χ3n) is 3.43. The number of rotatable bonds is 6. The monoisotopic (exact) mass is 328 g/mol. The first-order valence-electron chi connectivity index (χ1n) is 7.06. The second-order valence-corrected chi connectivity index (χ2v) is 4.94. The number of carbonyl (C=O) groups excluding carboxylic acids is 2. The predicted octanol–water partition coefficient (Wildman–Crippen LogP) is 1.67. The molecule has 2 amide bonds. The molecular formula is C16H16N4O4. The van der Waals surface area contributed by atoms with E-state index in [9.17, 15) is 19.7 Å². The highest BCUT2D eigenvalue weighted by molar-refractivity contribution is 5.99. The van der Waals surface area contributed by atoms with Gasteiger partial charge in [-0.3, -0.25) is 19.7 Å². The summed E-state index contributed by atoms with van der Waals surface area (Å²) in [7, 11) is 1.52. The van der Waals surface area contributed by atoms with Crippen molar-refractivity contribution in [3.63, 3.8) is 0 Å². The molecule has 0 aliphatic heterocycles. The Morgan fingerprint density at radius 3 is 2.54 bits per heavy atom. The van der Waals surface area contributed by atoms with Crippen LogP contribution in [-0.4, -0.2) is 23.8 Å². The van der Waals surface area contributed by atoms with Crippen LogP contribution in [0.3, 0.4) is 0 Å². The lowest BCUT2D eigenvalue weighted by atomic mass is 10.1. The molecule has 0 aromatic heterocycles. The smallest absolute Gasteiger partial charge is 0.275 e. The largest absolute Gasteiger partial charge is 0.380 e. The van der Waals surface area contributed by atoms with E-state index in [1.165, 1.54) is 19.2 Å². The van der Waals surface area contributed by atoms with Crippen LogP contribution in [0.4, 0.5) is 11.4 Å². The highest BCUT2D eigenvalue weighted by Crippen LogP contribution is 2.23. The fraction of sp³-hybridized carbons (Fsp3) is 0.125. The van der Waals surface area contributed by atoms with Gasteiger partial charge in [-0.15, -0.1) is 0 Å². The molecule has 8 nitrogen and oxygen atoms in total. The molecular weight excluding hydrogens is 312 g/mol. The number of nitrogens with one attached hydrogen (secondary N) is 2. The molecule has 0 aliphatic rings. The Morgan fingerprint density at radius 1 is 1.21 bits per heavy atom. The van der Waals surface area contributed by atoms with E-state index in [0.717, 1.165) is 6.07 Å². The van der Waals surface area contributed by atoms with Gasteiger partial charge in [-0.2, -0.15) is 0 Å². The van der Waals surface area contributed by atoms with Crippen LogP contribution in [0, 0.1) is 10.1 Å². The van der Waals surface area contributed by atoms with E-state index in [0.29, 0.717) is 16.8 Å². The molecule has 0 unspecified atom stereocenters. The van der Waals surface area contributed by atoms with Crippen molar-refractivity contribution in [2.24, 2.45) is 5.73 Å². The van der Waals surface area contributed by atoms with Crippen molar-refractivity contribution in [3.8, 4) is 0 Å². The molecule has 0 fully saturated rings. The molecule has 2 aromatic carbocycles. The third-order valence-corrected chi connectivity index (χ3v) is 3.43. The molecule has 124 valence electrons. The van der Waals surface area contributed by atoms with Crippen LogP contribution in [0.2, 0.25) is 0 Å². The van der Waals surface area contributed by atoms with E-state index in [2.05, 4.69) is 10.6 Å². The third kappa shape index (κ3) is 3.67. The number of nitro benzene ring substituents is 1. The molecule has 0 heterocycles.